The van der Waals surface area contributed by atoms with Gasteiger partial charge in [-0.3, -0.25) is 4.90 Å². The molecule has 1 aromatic carbocycles. The molecule has 2 nitrogen and oxygen atoms in total. The highest BCUT2D eigenvalue weighted by molar-refractivity contribution is 6.30. The minimum Gasteiger partial charge on any atom is -0.369 e. The Bertz CT molecular complexity index is 428. The zero-order valence-corrected chi connectivity index (χ0v) is 10.9. The van der Waals surface area contributed by atoms with Crippen LogP contribution in [0.3, 0.4) is 0 Å². The van der Waals surface area contributed by atoms with Gasteiger partial charge in [0.1, 0.15) is 0 Å². The van der Waals surface area contributed by atoms with Crippen LogP contribution < -0.4 is 4.90 Å². The summed E-state index contributed by atoms with van der Waals surface area (Å²) in [5.41, 5.74) is 2.53. The van der Waals surface area contributed by atoms with Gasteiger partial charge in [0.25, 0.3) is 0 Å². The predicted octanol–water partition coefficient (Wildman–Crippen LogP) is 2.40. The van der Waals surface area contributed by atoms with Crippen molar-refractivity contribution in [2.45, 2.75) is 6.92 Å². The minimum atomic E-state index is 0.752. The monoisotopic (exact) mass is 248 g/mol. The minimum absolute atomic E-state index is 0.752. The van der Waals surface area contributed by atoms with Crippen molar-refractivity contribution < 1.29 is 0 Å². The number of benzene rings is 1. The molecule has 0 aromatic heterocycles. The van der Waals surface area contributed by atoms with Crippen LogP contribution in [0.25, 0.3) is 0 Å². The van der Waals surface area contributed by atoms with E-state index in [0.29, 0.717) is 0 Å². The first-order valence-corrected chi connectivity index (χ1v) is 6.25. The van der Waals surface area contributed by atoms with Crippen molar-refractivity contribution in [2.24, 2.45) is 0 Å². The number of terminal acetylenes is 1. The summed E-state index contributed by atoms with van der Waals surface area (Å²) in [6.07, 6.45) is 5.33. The lowest BCUT2D eigenvalue weighted by atomic mass is 10.1. The van der Waals surface area contributed by atoms with E-state index in [0.717, 1.165) is 37.7 Å². The first kappa shape index (κ1) is 12.3. The summed E-state index contributed by atoms with van der Waals surface area (Å²) < 4.78 is 0. The van der Waals surface area contributed by atoms with Crippen LogP contribution >= 0.6 is 11.6 Å². The molecule has 0 amide bonds. The summed E-state index contributed by atoms with van der Waals surface area (Å²) in [6.45, 7) is 6.96. The van der Waals surface area contributed by atoms with Crippen LogP contribution in [0.5, 0.6) is 0 Å². The average molecular weight is 249 g/mol. The van der Waals surface area contributed by atoms with Gasteiger partial charge in [-0.2, -0.15) is 0 Å². The topological polar surface area (TPSA) is 6.48 Å². The molecule has 1 fully saturated rings. The summed E-state index contributed by atoms with van der Waals surface area (Å²) in [7, 11) is 0. The number of hydrogen-bond acceptors (Lipinski definition) is 2. The van der Waals surface area contributed by atoms with E-state index in [2.05, 4.69) is 28.7 Å². The fourth-order valence-corrected chi connectivity index (χ4v) is 2.37. The standard InChI is InChI=1S/C14H17ClN2/c1-3-6-16-7-9-17(10-8-16)14-11-13(15)5-4-12(14)2/h1,4-5,11H,6-10H2,2H3. The zero-order chi connectivity index (χ0) is 12.3. The van der Waals surface area contributed by atoms with Crippen molar-refractivity contribution in [3.63, 3.8) is 0 Å². The summed E-state index contributed by atoms with van der Waals surface area (Å²) in [5.74, 6) is 2.70. The second kappa shape index (κ2) is 5.44. The van der Waals surface area contributed by atoms with Crippen molar-refractivity contribution in [1.82, 2.24) is 4.90 Å². The highest BCUT2D eigenvalue weighted by Crippen LogP contribution is 2.25. The van der Waals surface area contributed by atoms with Gasteiger partial charge in [-0.15, -0.1) is 6.42 Å². The van der Waals surface area contributed by atoms with E-state index in [1.54, 1.807) is 0 Å². The molecule has 0 aliphatic carbocycles. The molecule has 0 radical (unpaired) electrons. The predicted molar refractivity (Wildman–Crippen MR) is 73.7 cm³/mol. The molecule has 90 valence electrons. The van der Waals surface area contributed by atoms with Gasteiger partial charge in [-0.1, -0.05) is 23.6 Å². The molecule has 0 spiro atoms. The van der Waals surface area contributed by atoms with E-state index in [4.69, 9.17) is 18.0 Å². The second-order valence-electron chi connectivity index (χ2n) is 4.40. The molecule has 0 saturated carbocycles. The van der Waals surface area contributed by atoms with Gasteiger partial charge in [0.05, 0.1) is 6.54 Å². The summed E-state index contributed by atoms with van der Waals surface area (Å²) in [6, 6.07) is 6.06. The van der Waals surface area contributed by atoms with Crippen LogP contribution in [0.15, 0.2) is 18.2 Å². The van der Waals surface area contributed by atoms with E-state index in [9.17, 15) is 0 Å². The first-order chi connectivity index (χ1) is 8.20. The number of anilines is 1. The lowest BCUT2D eigenvalue weighted by Crippen LogP contribution is -2.46. The fourth-order valence-electron chi connectivity index (χ4n) is 2.20. The van der Waals surface area contributed by atoms with Crippen molar-refractivity contribution >= 4 is 17.3 Å². The smallest absolute Gasteiger partial charge is 0.0600 e. The third-order valence-corrected chi connectivity index (χ3v) is 3.43. The van der Waals surface area contributed by atoms with Crippen molar-refractivity contribution in [3.05, 3.63) is 28.8 Å². The number of nitrogens with zero attached hydrogens (tertiary/aromatic N) is 2. The number of aryl methyl sites for hydroxylation is 1. The van der Waals surface area contributed by atoms with Crippen molar-refractivity contribution in [3.8, 4) is 12.3 Å². The maximum absolute atomic E-state index is 6.05. The Balaban J connectivity index is 2.05. The maximum Gasteiger partial charge on any atom is 0.0600 e. The molecule has 0 atom stereocenters. The Kier molecular flexibility index (Phi) is 3.93. The van der Waals surface area contributed by atoms with Gasteiger partial charge in [-0.25, -0.2) is 0 Å². The third-order valence-electron chi connectivity index (χ3n) is 3.20. The fraction of sp³-hybridized carbons (Fsp3) is 0.429. The molecule has 2 rings (SSSR count). The Hall–Kier alpha value is -1.17. The van der Waals surface area contributed by atoms with Crippen molar-refractivity contribution in [1.29, 1.82) is 0 Å². The molecule has 1 aliphatic rings. The lowest BCUT2D eigenvalue weighted by molar-refractivity contribution is 0.288. The molecule has 0 N–H and O–H groups in total. The molecular weight excluding hydrogens is 232 g/mol. The summed E-state index contributed by atoms with van der Waals surface area (Å²) >= 11 is 6.05. The largest absolute Gasteiger partial charge is 0.369 e. The average Bonchev–Trinajstić information content (AvgIpc) is 2.34. The van der Waals surface area contributed by atoms with Gasteiger partial charge in [0, 0.05) is 36.9 Å². The quantitative estimate of drug-likeness (QED) is 0.742. The Morgan fingerprint density at radius 3 is 2.65 bits per heavy atom. The van der Waals surface area contributed by atoms with E-state index in [1.807, 2.05) is 12.1 Å². The van der Waals surface area contributed by atoms with Gasteiger partial charge >= 0.3 is 0 Å². The number of halogens is 1. The molecule has 1 aromatic rings. The summed E-state index contributed by atoms with van der Waals surface area (Å²) in [4.78, 5) is 4.69. The van der Waals surface area contributed by atoms with E-state index >= 15 is 0 Å². The van der Waals surface area contributed by atoms with Crippen LogP contribution in [0, 0.1) is 19.3 Å². The molecular formula is C14H17ClN2. The van der Waals surface area contributed by atoms with Crippen LogP contribution in [-0.2, 0) is 0 Å². The molecule has 0 bridgehead atoms. The van der Waals surface area contributed by atoms with Gasteiger partial charge in [0.2, 0.25) is 0 Å². The first-order valence-electron chi connectivity index (χ1n) is 5.87. The number of rotatable bonds is 2. The SMILES string of the molecule is C#CCN1CCN(c2cc(Cl)ccc2C)CC1. The molecule has 1 heterocycles. The molecule has 0 unspecified atom stereocenters. The highest BCUT2D eigenvalue weighted by Gasteiger charge is 2.17. The Morgan fingerprint density at radius 1 is 1.29 bits per heavy atom. The highest BCUT2D eigenvalue weighted by atomic mass is 35.5. The van der Waals surface area contributed by atoms with E-state index in [1.165, 1.54) is 11.3 Å². The molecule has 1 aliphatic heterocycles. The van der Waals surface area contributed by atoms with Crippen LogP contribution in [0.1, 0.15) is 5.56 Å². The van der Waals surface area contributed by atoms with Gasteiger partial charge < -0.3 is 4.90 Å². The zero-order valence-electron chi connectivity index (χ0n) is 10.1. The van der Waals surface area contributed by atoms with Gasteiger partial charge in [0.15, 0.2) is 0 Å². The Morgan fingerprint density at radius 2 is 2.00 bits per heavy atom. The Labute approximate surface area is 108 Å². The van der Waals surface area contributed by atoms with Crippen LogP contribution in [0.2, 0.25) is 5.02 Å². The second-order valence-corrected chi connectivity index (χ2v) is 4.83. The molecule has 3 heteroatoms. The van der Waals surface area contributed by atoms with Crippen LogP contribution in [0.4, 0.5) is 5.69 Å². The number of piperazine rings is 1. The van der Waals surface area contributed by atoms with Crippen LogP contribution in [-0.4, -0.2) is 37.6 Å². The maximum atomic E-state index is 6.05. The molecule has 17 heavy (non-hydrogen) atoms. The van der Waals surface area contributed by atoms with E-state index in [-0.39, 0.29) is 0 Å². The van der Waals surface area contributed by atoms with E-state index < -0.39 is 0 Å². The van der Waals surface area contributed by atoms with Crippen molar-refractivity contribution in [2.75, 3.05) is 37.6 Å². The molecule has 1 saturated heterocycles. The van der Waals surface area contributed by atoms with Gasteiger partial charge in [-0.05, 0) is 24.6 Å². The summed E-state index contributed by atoms with van der Waals surface area (Å²) in [5, 5.41) is 0.802. The number of hydrogen-bond donors (Lipinski definition) is 0. The lowest BCUT2D eigenvalue weighted by Gasteiger charge is -2.36. The normalized spacial score (nSPS) is 16.9. The third kappa shape index (κ3) is 2.94.